The normalized spacial score (nSPS) is 10.2. The average molecular weight is 304 g/mol. The van der Waals surface area contributed by atoms with E-state index in [0.717, 1.165) is 23.3 Å². The fraction of sp³-hybridized carbons (Fsp3) is 0.235. The number of benzene rings is 2. The molecule has 0 saturated heterocycles. The Morgan fingerprint density at radius 2 is 1.86 bits per heavy atom. The molecule has 1 amide bonds. The summed E-state index contributed by atoms with van der Waals surface area (Å²) in [6.45, 7) is 0.590. The number of hydrogen-bond donors (Lipinski definition) is 1. The summed E-state index contributed by atoms with van der Waals surface area (Å²) in [5.41, 5.74) is 2.04. The van der Waals surface area contributed by atoms with Crippen LogP contribution in [0.3, 0.4) is 0 Å². The van der Waals surface area contributed by atoms with Gasteiger partial charge in [-0.15, -0.1) is 0 Å². The lowest BCUT2D eigenvalue weighted by Crippen LogP contribution is -2.27. The van der Waals surface area contributed by atoms with Crippen molar-refractivity contribution in [1.82, 2.24) is 5.32 Å². The van der Waals surface area contributed by atoms with Gasteiger partial charge in [-0.3, -0.25) is 4.79 Å². The van der Waals surface area contributed by atoms with Crippen LogP contribution in [0.4, 0.5) is 0 Å². The van der Waals surface area contributed by atoms with Crippen LogP contribution in [0, 0.1) is 0 Å². The predicted molar refractivity (Wildman–Crippen MR) is 84.9 cm³/mol. The van der Waals surface area contributed by atoms with Crippen LogP contribution in [-0.4, -0.2) is 19.6 Å². The van der Waals surface area contributed by atoms with Crippen LogP contribution in [-0.2, 0) is 17.6 Å². The van der Waals surface area contributed by atoms with Gasteiger partial charge in [-0.05, 0) is 35.7 Å². The molecule has 0 aliphatic heterocycles. The Kier molecular flexibility index (Phi) is 5.64. The van der Waals surface area contributed by atoms with Gasteiger partial charge in [0.2, 0.25) is 5.91 Å². The molecule has 2 rings (SSSR count). The van der Waals surface area contributed by atoms with E-state index < -0.39 is 0 Å². The minimum absolute atomic E-state index is 0.00669. The molecular formula is C17H18ClNO2. The van der Waals surface area contributed by atoms with Crippen LogP contribution >= 0.6 is 11.6 Å². The second-order valence-corrected chi connectivity index (χ2v) is 5.15. The topological polar surface area (TPSA) is 38.3 Å². The zero-order chi connectivity index (χ0) is 15.1. The maximum absolute atomic E-state index is 11.9. The first-order valence-corrected chi connectivity index (χ1v) is 7.20. The van der Waals surface area contributed by atoms with Crippen LogP contribution < -0.4 is 10.1 Å². The van der Waals surface area contributed by atoms with E-state index in [2.05, 4.69) is 5.32 Å². The summed E-state index contributed by atoms with van der Waals surface area (Å²) in [5.74, 6) is 0.858. The zero-order valence-corrected chi connectivity index (χ0v) is 12.7. The van der Waals surface area contributed by atoms with Gasteiger partial charge in [0.1, 0.15) is 5.75 Å². The number of para-hydroxylation sites is 1. The molecule has 110 valence electrons. The minimum atomic E-state index is 0.00669. The SMILES string of the molecule is COc1ccccc1CCNC(=O)Cc1ccc(Cl)cc1. The number of rotatable bonds is 6. The second kappa shape index (κ2) is 7.70. The highest BCUT2D eigenvalue weighted by atomic mass is 35.5. The molecule has 0 spiro atoms. The molecule has 4 heteroatoms. The summed E-state index contributed by atoms with van der Waals surface area (Å²) in [6.07, 6.45) is 1.11. The average Bonchev–Trinajstić information content (AvgIpc) is 2.50. The van der Waals surface area contributed by atoms with Crippen molar-refractivity contribution in [1.29, 1.82) is 0 Å². The highest BCUT2D eigenvalue weighted by molar-refractivity contribution is 6.30. The van der Waals surface area contributed by atoms with Crippen molar-refractivity contribution in [3.05, 3.63) is 64.7 Å². The van der Waals surface area contributed by atoms with Gasteiger partial charge in [0.15, 0.2) is 0 Å². The van der Waals surface area contributed by atoms with Crippen LogP contribution in [0.2, 0.25) is 5.02 Å². The summed E-state index contributed by atoms with van der Waals surface area (Å²) in [4.78, 5) is 11.9. The second-order valence-electron chi connectivity index (χ2n) is 4.72. The van der Waals surface area contributed by atoms with Gasteiger partial charge in [0.25, 0.3) is 0 Å². The number of methoxy groups -OCH3 is 1. The van der Waals surface area contributed by atoms with Crippen LogP contribution in [0.15, 0.2) is 48.5 Å². The first-order chi connectivity index (χ1) is 10.2. The van der Waals surface area contributed by atoms with Gasteiger partial charge in [-0.2, -0.15) is 0 Å². The van der Waals surface area contributed by atoms with Crippen molar-refractivity contribution in [3.8, 4) is 5.75 Å². The van der Waals surface area contributed by atoms with E-state index in [1.165, 1.54) is 0 Å². The number of amides is 1. The fourth-order valence-electron chi connectivity index (χ4n) is 2.10. The summed E-state index contributed by atoms with van der Waals surface area (Å²) in [5, 5.41) is 3.59. The molecule has 0 aliphatic carbocycles. The molecule has 2 aromatic rings. The van der Waals surface area contributed by atoms with Gasteiger partial charge in [0.05, 0.1) is 13.5 Å². The van der Waals surface area contributed by atoms with Crippen LogP contribution in [0.5, 0.6) is 5.75 Å². The Morgan fingerprint density at radius 3 is 2.57 bits per heavy atom. The highest BCUT2D eigenvalue weighted by Gasteiger charge is 2.05. The third-order valence-corrected chi connectivity index (χ3v) is 3.44. The first-order valence-electron chi connectivity index (χ1n) is 6.82. The Hall–Kier alpha value is -2.00. The Balaban J connectivity index is 1.80. The van der Waals surface area contributed by atoms with Crippen molar-refractivity contribution in [2.75, 3.05) is 13.7 Å². The van der Waals surface area contributed by atoms with Gasteiger partial charge in [0, 0.05) is 11.6 Å². The highest BCUT2D eigenvalue weighted by Crippen LogP contribution is 2.17. The molecular weight excluding hydrogens is 286 g/mol. The first kappa shape index (κ1) is 15.4. The Labute approximate surface area is 129 Å². The van der Waals surface area contributed by atoms with Gasteiger partial charge < -0.3 is 10.1 Å². The molecule has 0 unspecified atom stereocenters. The Morgan fingerprint density at radius 1 is 1.14 bits per heavy atom. The number of carbonyl (C=O) groups is 1. The van der Waals surface area contributed by atoms with Crippen molar-refractivity contribution < 1.29 is 9.53 Å². The molecule has 21 heavy (non-hydrogen) atoms. The number of nitrogens with one attached hydrogen (secondary N) is 1. The van der Waals surface area contributed by atoms with Crippen molar-refractivity contribution in [2.45, 2.75) is 12.8 Å². The summed E-state index contributed by atoms with van der Waals surface area (Å²) in [6, 6.07) is 15.1. The van der Waals surface area contributed by atoms with E-state index in [0.29, 0.717) is 18.0 Å². The molecule has 0 bridgehead atoms. The molecule has 2 aromatic carbocycles. The molecule has 1 N–H and O–H groups in total. The molecule has 0 heterocycles. The largest absolute Gasteiger partial charge is 0.496 e. The minimum Gasteiger partial charge on any atom is -0.496 e. The lowest BCUT2D eigenvalue weighted by molar-refractivity contribution is -0.120. The van der Waals surface area contributed by atoms with E-state index in [1.807, 2.05) is 36.4 Å². The fourth-order valence-corrected chi connectivity index (χ4v) is 2.22. The maximum atomic E-state index is 11.9. The summed E-state index contributed by atoms with van der Waals surface area (Å²) >= 11 is 5.82. The number of halogens is 1. The molecule has 0 aliphatic rings. The van der Waals surface area contributed by atoms with E-state index in [1.54, 1.807) is 19.2 Å². The third-order valence-electron chi connectivity index (χ3n) is 3.19. The van der Waals surface area contributed by atoms with E-state index in [9.17, 15) is 4.79 Å². The molecule has 0 radical (unpaired) electrons. The lowest BCUT2D eigenvalue weighted by atomic mass is 10.1. The third kappa shape index (κ3) is 4.80. The number of hydrogen-bond acceptors (Lipinski definition) is 2. The quantitative estimate of drug-likeness (QED) is 0.889. The zero-order valence-electron chi connectivity index (χ0n) is 11.9. The molecule has 0 aromatic heterocycles. The number of ether oxygens (including phenoxy) is 1. The Bertz CT molecular complexity index is 596. The van der Waals surface area contributed by atoms with Gasteiger partial charge >= 0.3 is 0 Å². The summed E-state index contributed by atoms with van der Waals surface area (Å²) in [7, 11) is 1.65. The smallest absolute Gasteiger partial charge is 0.224 e. The lowest BCUT2D eigenvalue weighted by Gasteiger charge is -2.09. The van der Waals surface area contributed by atoms with E-state index in [4.69, 9.17) is 16.3 Å². The maximum Gasteiger partial charge on any atom is 0.224 e. The molecule has 0 saturated carbocycles. The van der Waals surface area contributed by atoms with Crippen molar-refractivity contribution in [3.63, 3.8) is 0 Å². The monoisotopic (exact) mass is 303 g/mol. The standard InChI is InChI=1S/C17H18ClNO2/c1-21-16-5-3-2-4-14(16)10-11-19-17(20)12-13-6-8-15(18)9-7-13/h2-9H,10-12H2,1H3,(H,19,20). The van der Waals surface area contributed by atoms with Gasteiger partial charge in [-0.1, -0.05) is 41.9 Å². The van der Waals surface area contributed by atoms with E-state index in [-0.39, 0.29) is 5.91 Å². The van der Waals surface area contributed by atoms with Crippen LogP contribution in [0.1, 0.15) is 11.1 Å². The van der Waals surface area contributed by atoms with Crippen molar-refractivity contribution in [2.24, 2.45) is 0 Å². The molecule has 0 atom stereocenters. The van der Waals surface area contributed by atoms with E-state index >= 15 is 0 Å². The number of carbonyl (C=O) groups excluding carboxylic acids is 1. The molecule has 3 nitrogen and oxygen atoms in total. The van der Waals surface area contributed by atoms with Crippen LogP contribution in [0.25, 0.3) is 0 Å². The molecule has 0 fully saturated rings. The van der Waals surface area contributed by atoms with Gasteiger partial charge in [-0.25, -0.2) is 0 Å². The summed E-state index contributed by atoms with van der Waals surface area (Å²) < 4.78 is 5.28. The van der Waals surface area contributed by atoms with Crippen molar-refractivity contribution >= 4 is 17.5 Å². The predicted octanol–water partition coefficient (Wildman–Crippen LogP) is 3.25.